The molecular weight excluding hydrogens is 359 g/mol. The van der Waals surface area contributed by atoms with E-state index in [1.54, 1.807) is 0 Å². The summed E-state index contributed by atoms with van der Waals surface area (Å²) in [6.07, 6.45) is 1.83. The summed E-state index contributed by atoms with van der Waals surface area (Å²) in [6.45, 7) is 1.76. The summed E-state index contributed by atoms with van der Waals surface area (Å²) in [7, 11) is 0. The Bertz CT molecular complexity index is 725. The Morgan fingerprint density at radius 3 is 2.75 bits per heavy atom. The number of rotatable bonds is 4. The molecule has 0 saturated carbocycles. The van der Waals surface area contributed by atoms with Crippen LogP contribution in [0.25, 0.3) is 10.9 Å². The zero-order chi connectivity index (χ0) is 13.8. The number of nitrogens with one attached hydrogen (secondary N) is 1. The van der Waals surface area contributed by atoms with Crippen molar-refractivity contribution in [2.45, 2.75) is 13.1 Å². The van der Waals surface area contributed by atoms with E-state index in [9.17, 15) is 0 Å². The lowest BCUT2D eigenvalue weighted by Crippen LogP contribution is -2.13. The van der Waals surface area contributed by atoms with Crippen LogP contribution in [0.15, 0.2) is 60.8 Å². The predicted molar refractivity (Wildman–Crippen MR) is 91.4 cm³/mol. The molecule has 0 saturated heterocycles. The Hall–Kier alpha value is -1.46. The van der Waals surface area contributed by atoms with Crippen LogP contribution in [-0.4, -0.2) is 4.98 Å². The predicted octanol–water partition coefficient (Wildman–Crippen LogP) is 4.13. The second kappa shape index (κ2) is 6.33. The van der Waals surface area contributed by atoms with Gasteiger partial charge in [-0.3, -0.25) is 4.98 Å². The highest BCUT2D eigenvalue weighted by Crippen LogP contribution is 2.14. The lowest BCUT2D eigenvalue weighted by Gasteiger charge is -2.07. The van der Waals surface area contributed by atoms with Crippen LogP contribution < -0.4 is 5.32 Å². The molecule has 0 amide bonds. The van der Waals surface area contributed by atoms with Crippen molar-refractivity contribution in [3.05, 3.63) is 75.5 Å². The van der Waals surface area contributed by atoms with E-state index in [1.807, 2.05) is 12.3 Å². The van der Waals surface area contributed by atoms with Crippen LogP contribution in [0.5, 0.6) is 0 Å². The molecule has 0 spiro atoms. The lowest BCUT2D eigenvalue weighted by atomic mass is 10.1. The molecule has 100 valence electrons. The lowest BCUT2D eigenvalue weighted by molar-refractivity contribution is 0.692. The molecular formula is C17H15IN2. The van der Waals surface area contributed by atoms with Crippen molar-refractivity contribution < 1.29 is 0 Å². The summed E-state index contributed by atoms with van der Waals surface area (Å²) in [5.41, 5.74) is 3.68. The summed E-state index contributed by atoms with van der Waals surface area (Å²) in [6, 6.07) is 19.0. The van der Waals surface area contributed by atoms with E-state index in [4.69, 9.17) is 0 Å². The minimum atomic E-state index is 0.871. The first-order valence-electron chi connectivity index (χ1n) is 6.61. The number of benzene rings is 2. The zero-order valence-corrected chi connectivity index (χ0v) is 13.2. The van der Waals surface area contributed by atoms with Crippen molar-refractivity contribution in [3.8, 4) is 0 Å². The van der Waals surface area contributed by atoms with E-state index in [0.717, 1.165) is 18.6 Å². The van der Waals surface area contributed by atoms with E-state index in [0.29, 0.717) is 0 Å². The standard InChI is InChI=1S/C17H15IN2/c18-16-6-2-1-4-15(16)12-19-11-13-7-8-17-14(10-13)5-3-9-20-17/h1-10,19H,11-12H2. The van der Waals surface area contributed by atoms with Gasteiger partial charge in [-0.15, -0.1) is 0 Å². The van der Waals surface area contributed by atoms with Crippen molar-refractivity contribution in [2.24, 2.45) is 0 Å². The molecule has 2 aromatic carbocycles. The van der Waals surface area contributed by atoms with Gasteiger partial charge in [0.1, 0.15) is 0 Å². The van der Waals surface area contributed by atoms with Crippen LogP contribution >= 0.6 is 22.6 Å². The van der Waals surface area contributed by atoms with Crippen LogP contribution in [-0.2, 0) is 13.1 Å². The minimum Gasteiger partial charge on any atom is -0.309 e. The van der Waals surface area contributed by atoms with Crippen molar-refractivity contribution >= 4 is 33.5 Å². The number of pyridine rings is 1. The van der Waals surface area contributed by atoms with Crippen LogP contribution in [0.4, 0.5) is 0 Å². The molecule has 3 aromatic rings. The van der Waals surface area contributed by atoms with Gasteiger partial charge in [0.2, 0.25) is 0 Å². The van der Waals surface area contributed by atoms with Gasteiger partial charge in [0.05, 0.1) is 5.52 Å². The first kappa shape index (κ1) is 13.5. The molecule has 0 bridgehead atoms. The van der Waals surface area contributed by atoms with Crippen molar-refractivity contribution in [1.29, 1.82) is 0 Å². The van der Waals surface area contributed by atoms with Gasteiger partial charge in [0, 0.05) is 28.2 Å². The van der Waals surface area contributed by atoms with Crippen molar-refractivity contribution in [1.82, 2.24) is 10.3 Å². The number of hydrogen-bond donors (Lipinski definition) is 1. The minimum absolute atomic E-state index is 0.871. The Balaban J connectivity index is 1.67. The average molecular weight is 374 g/mol. The molecule has 2 nitrogen and oxygen atoms in total. The van der Waals surface area contributed by atoms with E-state index in [2.05, 4.69) is 81.4 Å². The van der Waals surface area contributed by atoms with Gasteiger partial charge >= 0.3 is 0 Å². The monoisotopic (exact) mass is 374 g/mol. The van der Waals surface area contributed by atoms with Gasteiger partial charge in [-0.2, -0.15) is 0 Å². The number of nitrogens with zero attached hydrogens (tertiary/aromatic N) is 1. The van der Waals surface area contributed by atoms with E-state index >= 15 is 0 Å². The second-order valence-corrected chi connectivity index (χ2v) is 5.89. The molecule has 3 heteroatoms. The Morgan fingerprint density at radius 1 is 0.950 bits per heavy atom. The fraction of sp³-hybridized carbons (Fsp3) is 0.118. The summed E-state index contributed by atoms with van der Waals surface area (Å²) >= 11 is 2.38. The molecule has 0 fully saturated rings. The van der Waals surface area contributed by atoms with Gasteiger partial charge in [-0.1, -0.05) is 30.3 Å². The average Bonchev–Trinajstić information content (AvgIpc) is 2.49. The van der Waals surface area contributed by atoms with Crippen LogP contribution in [0, 0.1) is 3.57 Å². The molecule has 0 aliphatic heterocycles. The molecule has 0 unspecified atom stereocenters. The third kappa shape index (κ3) is 3.16. The normalized spacial score (nSPS) is 10.8. The maximum absolute atomic E-state index is 4.34. The fourth-order valence-corrected chi connectivity index (χ4v) is 2.80. The van der Waals surface area contributed by atoms with Crippen molar-refractivity contribution in [3.63, 3.8) is 0 Å². The SMILES string of the molecule is Ic1ccccc1CNCc1ccc2ncccc2c1. The first-order chi connectivity index (χ1) is 9.83. The number of halogens is 1. The largest absolute Gasteiger partial charge is 0.309 e. The summed E-state index contributed by atoms with van der Waals surface area (Å²) < 4.78 is 1.31. The van der Waals surface area contributed by atoms with Crippen LogP contribution in [0.2, 0.25) is 0 Å². The smallest absolute Gasteiger partial charge is 0.0702 e. The van der Waals surface area contributed by atoms with Crippen LogP contribution in [0.1, 0.15) is 11.1 Å². The molecule has 1 N–H and O–H groups in total. The molecule has 0 radical (unpaired) electrons. The van der Waals surface area contributed by atoms with Gasteiger partial charge < -0.3 is 5.32 Å². The first-order valence-corrected chi connectivity index (χ1v) is 7.68. The number of aromatic nitrogens is 1. The van der Waals surface area contributed by atoms with Gasteiger partial charge in [-0.05, 0) is 58.0 Å². The van der Waals surface area contributed by atoms with E-state index < -0.39 is 0 Å². The maximum atomic E-state index is 4.34. The summed E-state index contributed by atoms with van der Waals surface area (Å²) in [5.74, 6) is 0. The third-order valence-electron chi connectivity index (χ3n) is 3.27. The molecule has 3 rings (SSSR count). The summed E-state index contributed by atoms with van der Waals surface area (Å²) in [4.78, 5) is 4.34. The van der Waals surface area contributed by atoms with Crippen LogP contribution in [0.3, 0.4) is 0 Å². The topological polar surface area (TPSA) is 24.9 Å². The van der Waals surface area contributed by atoms with Gasteiger partial charge in [-0.25, -0.2) is 0 Å². The highest BCUT2D eigenvalue weighted by atomic mass is 127. The summed E-state index contributed by atoms with van der Waals surface area (Å²) in [5, 5.41) is 4.69. The van der Waals surface area contributed by atoms with Gasteiger partial charge in [0.25, 0.3) is 0 Å². The van der Waals surface area contributed by atoms with Crippen molar-refractivity contribution in [2.75, 3.05) is 0 Å². The molecule has 1 aromatic heterocycles. The van der Waals surface area contributed by atoms with Gasteiger partial charge in [0.15, 0.2) is 0 Å². The fourth-order valence-electron chi connectivity index (χ4n) is 2.22. The second-order valence-electron chi connectivity index (χ2n) is 4.73. The molecule has 0 atom stereocenters. The third-order valence-corrected chi connectivity index (χ3v) is 4.32. The molecule has 1 heterocycles. The molecule has 20 heavy (non-hydrogen) atoms. The number of fused-ring (bicyclic) bond motifs is 1. The van der Waals surface area contributed by atoms with E-state index in [1.165, 1.54) is 20.1 Å². The molecule has 0 aliphatic carbocycles. The molecule has 0 aliphatic rings. The highest BCUT2D eigenvalue weighted by Gasteiger charge is 1.99. The quantitative estimate of drug-likeness (QED) is 0.695. The Kier molecular flexibility index (Phi) is 4.28. The Morgan fingerprint density at radius 2 is 1.85 bits per heavy atom. The Labute approximate surface area is 132 Å². The zero-order valence-electron chi connectivity index (χ0n) is 11.0. The highest BCUT2D eigenvalue weighted by molar-refractivity contribution is 14.1. The number of hydrogen-bond acceptors (Lipinski definition) is 2. The van der Waals surface area contributed by atoms with E-state index in [-0.39, 0.29) is 0 Å². The maximum Gasteiger partial charge on any atom is 0.0702 e.